The molecule has 0 atom stereocenters. The Morgan fingerprint density at radius 1 is 0.875 bits per heavy atom. The fraction of sp³-hybridized carbons (Fsp3) is 0.217. The van der Waals surface area contributed by atoms with E-state index in [-0.39, 0.29) is 11.1 Å². The number of hydrogen-bond donors (Lipinski definition) is 1. The topological polar surface area (TPSA) is 60.5 Å². The molecule has 5 nitrogen and oxygen atoms in total. The summed E-state index contributed by atoms with van der Waals surface area (Å²) >= 11 is 0. The van der Waals surface area contributed by atoms with Gasteiger partial charge in [-0.25, -0.2) is 4.98 Å². The van der Waals surface area contributed by atoms with Crippen molar-refractivity contribution in [1.29, 1.82) is 0 Å². The van der Waals surface area contributed by atoms with E-state index in [0.29, 0.717) is 5.82 Å². The zero-order valence-corrected chi connectivity index (χ0v) is 17.2. The minimum atomic E-state index is -3.28. The largest absolute Gasteiger partial charge is 0.431 e. The number of carbonyl (C=O) groups is 1. The lowest BCUT2D eigenvalue weighted by Crippen LogP contribution is -2.28. The molecule has 0 saturated heterocycles. The molecule has 1 aromatic heterocycles. The number of benzene rings is 2. The number of nitrogens with one attached hydrogen (secondary N) is 1. The first-order chi connectivity index (χ1) is 15.2. The van der Waals surface area contributed by atoms with Crippen molar-refractivity contribution in [2.75, 3.05) is 5.32 Å². The highest BCUT2D eigenvalue weighted by molar-refractivity contribution is 6.09. The van der Waals surface area contributed by atoms with E-state index in [1.165, 1.54) is 18.3 Å². The average molecular weight is 448 g/mol. The number of carbonyl (C=O) groups excluding carboxylic acids is 1. The minimum absolute atomic E-state index is 0.0469. The Bertz CT molecular complexity index is 1060. The number of rotatable bonds is 9. The number of aromatic nitrogens is 1. The third-order valence-corrected chi connectivity index (χ3v) is 4.60. The van der Waals surface area contributed by atoms with Gasteiger partial charge in [-0.1, -0.05) is 30.3 Å². The van der Waals surface area contributed by atoms with Crippen LogP contribution in [0, 0.1) is 0 Å². The zero-order valence-electron chi connectivity index (χ0n) is 17.2. The Kier molecular flexibility index (Phi) is 6.97. The summed E-state index contributed by atoms with van der Waals surface area (Å²) in [5, 5.41) is 3.28. The van der Waals surface area contributed by atoms with E-state index in [9.17, 15) is 22.4 Å². The summed E-state index contributed by atoms with van der Waals surface area (Å²) in [6.07, 6.45) is 1.34. The van der Waals surface area contributed by atoms with E-state index in [1.54, 1.807) is 6.07 Å². The smallest absolute Gasteiger partial charge is 0.387 e. The molecule has 0 bridgehead atoms. The Morgan fingerprint density at radius 3 is 2.09 bits per heavy atom. The fourth-order valence-corrected chi connectivity index (χ4v) is 3.05. The van der Waals surface area contributed by atoms with Gasteiger partial charge in [0.05, 0.1) is 5.54 Å². The SMILES string of the molecule is CC(C)(Nc1ccc(C(=O)c2ccc(OC(F)F)c(OC(F)F)c2)cn1)c1ccccc1. The van der Waals surface area contributed by atoms with Gasteiger partial charge >= 0.3 is 13.2 Å². The molecule has 32 heavy (non-hydrogen) atoms. The summed E-state index contributed by atoms with van der Waals surface area (Å²) in [4.78, 5) is 17.0. The molecule has 0 amide bonds. The molecule has 0 spiro atoms. The molecule has 0 aliphatic carbocycles. The van der Waals surface area contributed by atoms with Crippen LogP contribution in [0.3, 0.4) is 0 Å². The fourth-order valence-electron chi connectivity index (χ4n) is 3.05. The lowest BCUT2D eigenvalue weighted by atomic mass is 9.94. The van der Waals surface area contributed by atoms with Crippen LogP contribution in [0.1, 0.15) is 35.3 Å². The monoisotopic (exact) mass is 448 g/mol. The van der Waals surface area contributed by atoms with Gasteiger partial charge in [-0.05, 0) is 49.7 Å². The molecule has 0 aliphatic rings. The van der Waals surface area contributed by atoms with Gasteiger partial charge in [0.2, 0.25) is 0 Å². The molecule has 0 saturated carbocycles. The number of halogens is 4. The molecule has 9 heteroatoms. The van der Waals surface area contributed by atoms with Crippen LogP contribution < -0.4 is 14.8 Å². The van der Waals surface area contributed by atoms with Crippen molar-refractivity contribution in [1.82, 2.24) is 4.98 Å². The van der Waals surface area contributed by atoms with Crippen LogP contribution in [0.2, 0.25) is 0 Å². The second-order valence-corrected chi connectivity index (χ2v) is 7.30. The maximum Gasteiger partial charge on any atom is 0.387 e. The first-order valence-electron chi connectivity index (χ1n) is 9.54. The second kappa shape index (κ2) is 9.67. The summed E-state index contributed by atoms with van der Waals surface area (Å²) in [6.45, 7) is -2.55. The molecule has 0 unspecified atom stereocenters. The highest BCUT2D eigenvalue weighted by Gasteiger charge is 2.21. The molecule has 3 aromatic rings. The molecule has 0 aliphatic heterocycles. The predicted molar refractivity (Wildman–Crippen MR) is 110 cm³/mol. The Hall–Kier alpha value is -3.62. The van der Waals surface area contributed by atoms with E-state index in [1.807, 2.05) is 44.2 Å². The number of ether oxygens (including phenoxy) is 2. The van der Waals surface area contributed by atoms with Crippen molar-refractivity contribution in [2.45, 2.75) is 32.6 Å². The maximum atomic E-state index is 12.7. The van der Waals surface area contributed by atoms with Crippen LogP contribution in [0.25, 0.3) is 0 Å². The Morgan fingerprint density at radius 2 is 1.50 bits per heavy atom. The minimum Gasteiger partial charge on any atom is -0.431 e. The normalized spacial score (nSPS) is 11.5. The number of ketones is 1. The van der Waals surface area contributed by atoms with Crippen LogP contribution in [-0.2, 0) is 5.54 Å². The standard InChI is InChI=1S/C23H20F4N2O3/c1-23(2,16-6-4-3-5-7-16)29-19-11-9-15(13-28-19)20(30)14-8-10-17(31-21(24)25)18(12-14)32-22(26)27/h3-13,21-22H,1-2H3,(H,28,29). The lowest BCUT2D eigenvalue weighted by molar-refractivity contribution is -0.0692. The maximum absolute atomic E-state index is 12.7. The van der Waals surface area contributed by atoms with Crippen molar-refractivity contribution in [3.8, 4) is 11.5 Å². The number of pyridine rings is 1. The molecule has 0 fully saturated rings. The van der Waals surface area contributed by atoms with Crippen molar-refractivity contribution in [3.63, 3.8) is 0 Å². The number of anilines is 1. The summed E-state index contributed by atoms with van der Waals surface area (Å²) in [5.41, 5.74) is 0.745. The number of nitrogens with zero attached hydrogens (tertiary/aromatic N) is 1. The van der Waals surface area contributed by atoms with Crippen LogP contribution in [0.4, 0.5) is 23.4 Å². The van der Waals surface area contributed by atoms with E-state index in [4.69, 9.17) is 0 Å². The first kappa shape index (κ1) is 23.1. The Balaban J connectivity index is 1.79. The molecule has 2 aromatic carbocycles. The molecule has 168 valence electrons. The highest BCUT2D eigenvalue weighted by Crippen LogP contribution is 2.32. The van der Waals surface area contributed by atoms with Gasteiger partial charge < -0.3 is 14.8 Å². The number of alkyl halides is 4. The van der Waals surface area contributed by atoms with Crippen molar-refractivity contribution >= 4 is 11.6 Å². The Labute approximate surface area is 182 Å². The van der Waals surface area contributed by atoms with Crippen molar-refractivity contribution in [2.24, 2.45) is 0 Å². The molecule has 1 heterocycles. The summed E-state index contributed by atoms with van der Waals surface area (Å²) in [6, 6.07) is 16.0. The van der Waals surface area contributed by atoms with Crippen LogP contribution in [-0.4, -0.2) is 24.0 Å². The molecular formula is C23H20F4N2O3. The highest BCUT2D eigenvalue weighted by atomic mass is 19.3. The van der Waals surface area contributed by atoms with Gasteiger partial charge in [-0.15, -0.1) is 0 Å². The van der Waals surface area contributed by atoms with E-state index < -0.39 is 36.0 Å². The van der Waals surface area contributed by atoms with E-state index >= 15 is 0 Å². The first-order valence-corrected chi connectivity index (χ1v) is 9.54. The van der Waals surface area contributed by atoms with Gasteiger partial charge in [0, 0.05) is 17.3 Å². The second-order valence-electron chi connectivity index (χ2n) is 7.30. The summed E-state index contributed by atoms with van der Waals surface area (Å²) < 4.78 is 58.6. The molecular weight excluding hydrogens is 428 g/mol. The van der Waals surface area contributed by atoms with Crippen molar-refractivity contribution in [3.05, 3.63) is 83.6 Å². The van der Waals surface area contributed by atoms with E-state index in [0.717, 1.165) is 17.7 Å². The van der Waals surface area contributed by atoms with Gasteiger partial charge in [0.15, 0.2) is 17.3 Å². The van der Waals surface area contributed by atoms with Gasteiger partial charge in [0.1, 0.15) is 5.82 Å². The van der Waals surface area contributed by atoms with Gasteiger partial charge in [-0.3, -0.25) is 4.79 Å². The average Bonchev–Trinajstić information content (AvgIpc) is 2.75. The van der Waals surface area contributed by atoms with Crippen LogP contribution in [0.15, 0.2) is 66.9 Å². The lowest BCUT2D eigenvalue weighted by Gasteiger charge is -2.27. The summed E-state index contributed by atoms with van der Waals surface area (Å²) in [5.74, 6) is -1.29. The molecule has 0 radical (unpaired) electrons. The molecule has 1 N–H and O–H groups in total. The third-order valence-electron chi connectivity index (χ3n) is 4.60. The van der Waals surface area contributed by atoms with Crippen LogP contribution in [0.5, 0.6) is 11.5 Å². The summed E-state index contributed by atoms with van der Waals surface area (Å²) in [7, 11) is 0. The van der Waals surface area contributed by atoms with Crippen LogP contribution >= 0.6 is 0 Å². The molecule has 3 rings (SSSR count). The quantitative estimate of drug-likeness (QED) is 0.328. The van der Waals surface area contributed by atoms with E-state index in [2.05, 4.69) is 19.8 Å². The van der Waals surface area contributed by atoms with Crippen molar-refractivity contribution < 1.29 is 31.8 Å². The van der Waals surface area contributed by atoms with Gasteiger partial charge in [0.25, 0.3) is 0 Å². The van der Waals surface area contributed by atoms with Gasteiger partial charge in [-0.2, -0.15) is 17.6 Å². The zero-order chi connectivity index (χ0) is 23.3. The third kappa shape index (κ3) is 5.75. The predicted octanol–water partition coefficient (Wildman–Crippen LogP) is 5.86. The number of hydrogen-bond acceptors (Lipinski definition) is 5.